The van der Waals surface area contributed by atoms with Gasteiger partial charge in [0.15, 0.2) is 4.80 Å². The Morgan fingerprint density at radius 1 is 1.18 bits per heavy atom. The summed E-state index contributed by atoms with van der Waals surface area (Å²) in [4.78, 5) is 31.8. The molecule has 0 fully saturated rings. The highest BCUT2D eigenvalue weighted by Crippen LogP contribution is 2.31. The number of para-hydroxylation sites is 1. The van der Waals surface area contributed by atoms with Crippen LogP contribution in [0.4, 0.5) is 0 Å². The monoisotopic (exact) mass is 476 g/mol. The van der Waals surface area contributed by atoms with Gasteiger partial charge < -0.3 is 9.47 Å². The molecule has 0 aliphatic carbocycles. The second kappa shape index (κ2) is 9.81. The quantitative estimate of drug-likeness (QED) is 0.506. The van der Waals surface area contributed by atoms with E-state index in [0.717, 1.165) is 11.1 Å². The Morgan fingerprint density at radius 3 is 2.53 bits per heavy atom. The van der Waals surface area contributed by atoms with Gasteiger partial charge in [0.25, 0.3) is 5.56 Å². The molecule has 1 atom stereocenters. The van der Waals surface area contributed by atoms with Crippen LogP contribution in [0, 0.1) is 0 Å². The molecule has 2 heterocycles. The third-order valence-electron chi connectivity index (χ3n) is 5.86. The maximum Gasteiger partial charge on any atom is 0.338 e. The molecule has 176 valence electrons. The minimum Gasteiger partial charge on any atom is -0.496 e. The van der Waals surface area contributed by atoms with Gasteiger partial charge in [0, 0.05) is 5.56 Å². The normalized spacial score (nSPS) is 15.8. The zero-order valence-electron chi connectivity index (χ0n) is 20.0. The number of hydrogen-bond donors (Lipinski definition) is 0. The maximum atomic E-state index is 13.7. The minimum absolute atomic E-state index is 0.207. The second-order valence-electron chi connectivity index (χ2n) is 8.37. The molecule has 6 nitrogen and oxygen atoms in total. The Labute approximate surface area is 202 Å². The van der Waals surface area contributed by atoms with Crippen LogP contribution >= 0.6 is 11.3 Å². The molecule has 7 heteroatoms. The van der Waals surface area contributed by atoms with Gasteiger partial charge in [-0.1, -0.05) is 67.6 Å². The molecule has 0 bridgehead atoms. The number of allylic oxidation sites excluding steroid dienone is 1. The standard InChI is InChI=1S/C27H28N2O4S/c1-6-33-26(31)23-17(4)28-27-29(24(23)19-13-11-18(12-14-19)16(2)3)25(30)22(34-27)15-20-9-7-8-10-21(20)32-5/h7-16,24H,6H2,1-5H3/b22-15-/t24-/m1/s1. The number of esters is 1. The van der Waals surface area contributed by atoms with Crippen molar-refractivity contribution in [1.29, 1.82) is 0 Å². The lowest BCUT2D eigenvalue weighted by atomic mass is 9.93. The summed E-state index contributed by atoms with van der Waals surface area (Å²) in [6.07, 6.45) is 1.81. The molecule has 0 unspecified atom stereocenters. The molecule has 0 radical (unpaired) electrons. The highest BCUT2D eigenvalue weighted by atomic mass is 32.1. The first kappa shape index (κ1) is 23.7. The van der Waals surface area contributed by atoms with Crippen LogP contribution in [0.3, 0.4) is 0 Å². The van der Waals surface area contributed by atoms with Crippen molar-refractivity contribution in [3.05, 3.63) is 96.2 Å². The Kier molecular flexibility index (Phi) is 6.84. The van der Waals surface area contributed by atoms with Crippen LogP contribution in [0.5, 0.6) is 5.75 Å². The number of aromatic nitrogens is 1. The van der Waals surface area contributed by atoms with E-state index in [-0.39, 0.29) is 12.2 Å². The summed E-state index contributed by atoms with van der Waals surface area (Å²) in [5, 5.41) is 0. The highest BCUT2D eigenvalue weighted by Gasteiger charge is 2.33. The van der Waals surface area contributed by atoms with Crippen molar-refractivity contribution in [3.8, 4) is 5.75 Å². The first-order chi connectivity index (χ1) is 16.3. The van der Waals surface area contributed by atoms with Gasteiger partial charge in [-0.15, -0.1) is 0 Å². The predicted octanol–water partition coefficient (Wildman–Crippen LogP) is 3.93. The summed E-state index contributed by atoms with van der Waals surface area (Å²) in [6.45, 7) is 8.06. The van der Waals surface area contributed by atoms with Crippen LogP contribution < -0.4 is 19.6 Å². The molecule has 2 aromatic carbocycles. The van der Waals surface area contributed by atoms with Crippen molar-refractivity contribution in [2.75, 3.05) is 13.7 Å². The number of rotatable bonds is 6. The number of carbonyl (C=O) groups is 1. The van der Waals surface area contributed by atoms with Crippen molar-refractivity contribution in [1.82, 2.24) is 4.57 Å². The fraction of sp³-hybridized carbons (Fsp3) is 0.296. The number of thiazole rings is 1. The Bertz CT molecular complexity index is 1430. The Hall–Kier alpha value is -3.45. The zero-order chi connectivity index (χ0) is 24.4. The molecule has 0 saturated heterocycles. The number of carbonyl (C=O) groups excluding carboxylic acids is 1. The summed E-state index contributed by atoms with van der Waals surface area (Å²) < 4.78 is 12.9. The van der Waals surface area contributed by atoms with Crippen molar-refractivity contribution in [2.45, 2.75) is 39.7 Å². The topological polar surface area (TPSA) is 69.9 Å². The molecule has 1 aromatic heterocycles. The van der Waals surface area contributed by atoms with Crippen LogP contribution in [-0.4, -0.2) is 24.3 Å². The van der Waals surface area contributed by atoms with Crippen molar-refractivity contribution < 1.29 is 14.3 Å². The number of nitrogens with zero attached hydrogens (tertiary/aromatic N) is 2. The Balaban J connectivity index is 1.95. The fourth-order valence-corrected chi connectivity index (χ4v) is 5.13. The number of hydrogen-bond acceptors (Lipinski definition) is 6. The lowest BCUT2D eigenvalue weighted by Gasteiger charge is -2.25. The number of methoxy groups -OCH3 is 1. The van der Waals surface area contributed by atoms with E-state index >= 15 is 0 Å². The van der Waals surface area contributed by atoms with Gasteiger partial charge in [-0.05, 0) is 43.0 Å². The van der Waals surface area contributed by atoms with E-state index in [1.54, 1.807) is 25.5 Å². The zero-order valence-corrected chi connectivity index (χ0v) is 20.8. The van der Waals surface area contributed by atoms with E-state index in [4.69, 9.17) is 9.47 Å². The minimum atomic E-state index is -0.615. The molecule has 1 aliphatic heterocycles. The lowest BCUT2D eigenvalue weighted by Crippen LogP contribution is -2.39. The molecule has 1 aliphatic rings. The maximum absolute atomic E-state index is 13.7. The largest absolute Gasteiger partial charge is 0.496 e. The molecule has 0 saturated carbocycles. The van der Waals surface area contributed by atoms with Crippen LogP contribution in [0.25, 0.3) is 6.08 Å². The molecule has 0 amide bonds. The predicted molar refractivity (Wildman–Crippen MR) is 134 cm³/mol. The van der Waals surface area contributed by atoms with E-state index in [9.17, 15) is 9.59 Å². The molecule has 3 aromatic rings. The molecule has 34 heavy (non-hydrogen) atoms. The van der Waals surface area contributed by atoms with Crippen LogP contribution in [0.1, 0.15) is 56.3 Å². The van der Waals surface area contributed by atoms with Gasteiger partial charge in [0.1, 0.15) is 5.75 Å². The molecule has 0 spiro atoms. The van der Waals surface area contributed by atoms with E-state index in [1.165, 1.54) is 16.9 Å². The van der Waals surface area contributed by atoms with Crippen molar-refractivity contribution in [2.24, 2.45) is 4.99 Å². The molecule has 4 rings (SSSR count). The Morgan fingerprint density at radius 2 is 1.88 bits per heavy atom. The summed E-state index contributed by atoms with van der Waals surface area (Å²) in [5.41, 5.74) is 3.56. The first-order valence-electron chi connectivity index (χ1n) is 11.3. The first-order valence-corrected chi connectivity index (χ1v) is 12.1. The average Bonchev–Trinajstić information content (AvgIpc) is 3.13. The smallest absolute Gasteiger partial charge is 0.338 e. The van der Waals surface area contributed by atoms with Crippen LogP contribution in [0.2, 0.25) is 0 Å². The summed E-state index contributed by atoms with van der Waals surface area (Å²) in [5.74, 6) is 0.594. The summed E-state index contributed by atoms with van der Waals surface area (Å²) in [6, 6.07) is 15.0. The number of benzene rings is 2. The number of fused-ring (bicyclic) bond motifs is 1. The van der Waals surface area contributed by atoms with Crippen molar-refractivity contribution in [3.63, 3.8) is 0 Å². The van der Waals surface area contributed by atoms with Crippen LogP contribution in [-0.2, 0) is 9.53 Å². The summed E-state index contributed by atoms with van der Waals surface area (Å²) in [7, 11) is 1.60. The van der Waals surface area contributed by atoms with Gasteiger partial charge in [-0.3, -0.25) is 9.36 Å². The van der Waals surface area contributed by atoms with E-state index in [0.29, 0.717) is 32.3 Å². The fourth-order valence-electron chi connectivity index (χ4n) is 4.10. The lowest BCUT2D eigenvalue weighted by molar-refractivity contribution is -0.139. The van der Waals surface area contributed by atoms with Crippen molar-refractivity contribution >= 4 is 23.4 Å². The molecular formula is C27H28N2O4S. The van der Waals surface area contributed by atoms with Gasteiger partial charge in [-0.25, -0.2) is 9.79 Å². The van der Waals surface area contributed by atoms with E-state index in [1.807, 2.05) is 54.6 Å². The third-order valence-corrected chi connectivity index (χ3v) is 6.84. The van der Waals surface area contributed by atoms with Crippen LogP contribution in [0.15, 0.2) is 69.6 Å². The van der Waals surface area contributed by atoms with Gasteiger partial charge >= 0.3 is 5.97 Å². The van der Waals surface area contributed by atoms with Gasteiger partial charge in [-0.2, -0.15) is 0 Å². The van der Waals surface area contributed by atoms with E-state index in [2.05, 4.69) is 18.8 Å². The molecule has 0 N–H and O–H groups in total. The number of ether oxygens (including phenoxy) is 2. The van der Waals surface area contributed by atoms with E-state index < -0.39 is 12.0 Å². The second-order valence-corrected chi connectivity index (χ2v) is 9.37. The van der Waals surface area contributed by atoms with Gasteiger partial charge in [0.2, 0.25) is 0 Å². The highest BCUT2D eigenvalue weighted by molar-refractivity contribution is 7.07. The van der Waals surface area contributed by atoms with Gasteiger partial charge in [0.05, 0.1) is 35.6 Å². The molecular weight excluding hydrogens is 448 g/mol. The average molecular weight is 477 g/mol. The SMILES string of the molecule is CCOC(=O)C1=C(C)N=c2s/c(=C\c3ccccc3OC)c(=O)n2[C@@H]1c1ccc(C(C)C)cc1. The summed E-state index contributed by atoms with van der Waals surface area (Å²) >= 11 is 1.30. The third kappa shape index (κ3) is 4.35.